The largest absolute Gasteiger partial charge is 0.496 e. The van der Waals surface area contributed by atoms with Crippen LogP contribution in [0.3, 0.4) is 0 Å². The van der Waals surface area contributed by atoms with Crippen LogP contribution in [0.1, 0.15) is 18.4 Å². The number of ketones is 1. The summed E-state index contributed by atoms with van der Waals surface area (Å²) in [7, 11) is 1.63. The third-order valence-electron chi connectivity index (χ3n) is 3.08. The molecule has 98 valence electrons. The maximum absolute atomic E-state index is 11.9. The Kier molecular flexibility index (Phi) is 4.78. The van der Waals surface area contributed by atoms with Crippen molar-refractivity contribution in [3.8, 4) is 5.75 Å². The monoisotopic (exact) mass is 311 g/mol. The minimum atomic E-state index is 0.201. The third kappa shape index (κ3) is 4.10. The summed E-state index contributed by atoms with van der Waals surface area (Å²) in [6.07, 6.45) is 3.03. The summed E-state index contributed by atoms with van der Waals surface area (Å²) in [5.74, 6) is 1.78. The van der Waals surface area contributed by atoms with E-state index in [0.717, 1.165) is 28.2 Å². The second-order valence-corrected chi connectivity index (χ2v) is 5.66. The number of benzene rings is 1. The van der Waals surface area contributed by atoms with E-state index in [1.165, 1.54) is 12.8 Å². The molecule has 1 aromatic rings. The smallest absolute Gasteiger partial charge is 0.151 e. The summed E-state index contributed by atoms with van der Waals surface area (Å²) in [5, 5.41) is 3.22. The molecule has 0 aliphatic heterocycles. The maximum Gasteiger partial charge on any atom is 0.151 e. The number of carbonyl (C=O) groups excluding carboxylic acids is 1. The molecule has 3 nitrogen and oxygen atoms in total. The minimum Gasteiger partial charge on any atom is -0.496 e. The molecule has 0 radical (unpaired) electrons. The van der Waals surface area contributed by atoms with Crippen LogP contribution in [0.4, 0.5) is 0 Å². The van der Waals surface area contributed by atoms with Crippen molar-refractivity contribution in [3.63, 3.8) is 0 Å². The fourth-order valence-corrected chi connectivity index (χ4v) is 2.31. The number of hydrogen-bond donors (Lipinski definition) is 1. The van der Waals surface area contributed by atoms with Crippen LogP contribution in [0, 0.1) is 5.92 Å². The van der Waals surface area contributed by atoms with Gasteiger partial charge in [-0.1, -0.05) is 15.9 Å². The van der Waals surface area contributed by atoms with Crippen LogP contribution in [-0.2, 0) is 11.2 Å². The van der Waals surface area contributed by atoms with Crippen molar-refractivity contribution < 1.29 is 9.53 Å². The van der Waals surface area contributed by atoms with Gasteiger partial charge in [-0.05, 0) is 43.5 Å². The zero-order chi connectivity index (χ0) is 13.0. The second kappa shape index (κ2) is 6.34. The van der Waals surface area contributed by atoms with Gasteiger partial charge < -0.3 is 10.1 Å². The topological polar surface area (TPSA) is 38.3 Å². The lowest BCUT2D eigenvalue weighted by atomic mass is 10.1. The molecule has 1 saturated carbocycles. The number of ether oxygens (including phenoxy) is 1. The van der Waals surface area contributed by atoms with Crippen molar-refractivity contribution in [1.29, 1.82) is 0 Å². The lowest BCUT2D eigenvalue weighted by molar-refractivity contribution is -0.117. The van der Waals surface area contributed by atoms with Gasteiger partial charge in [0, 0.05) is 16.5 Å². The number of halogens is 1. The SMILES string of the molecule is COc1ccc(Br)cc1CC(=O)CNCC1CC1. The van der Waals surface area contributed by atoms with Crippen LogP contribution in [0.15, 0.2) is 22.7 Å². The number of carbonyl (C=O) groups is 1. The Morgan fingerprint density at radius 1 is 1.50 bits per heavy atom. The van der Waals surface area contributed by atoms with Crippen molar-refractivity contribution in [3.05, 3.63) is 28.2 Å². The van der Waals surface area contributed by atoms with E-state index in [1.54, 1.807) is 7.11 Å². The highest BCUT2D eigenvalue weighted by Gasteiger charge is 2.20. The second-order valence-electron chi connectivity index (χ2n) is 4.75. The molecule has 0 aromatic heterocycles. The molecule has 4 heteroatoms. The summed E-state index contributed by atoms with van der Waals surface area (Å²) in [5.41, 5.74) is 0.935. The summed E-state index contributed by atoms with van der Waals surface area (Å²) in [6.45, 7) is 1.42. The average Bonchev–Trinajstić information content (AvgIpc) is 3.13. The Hall–Kier alpha value is -0.870. The first-order valence-electron chi connectivity index (χ1n) is 6.24. The molecule has 1 aliphatic carbocycles. The van der Waals surface area contributed by atoms with Crippen LogP contribution in [0.2, 0.25) is 0 Å². The summed E-state index contributed by atoms with van der Waals surface area (Å²) < 4.78 is 6.23. The number of methoxy groups -OCH3 is 1. The Morgan fingerprint density at radius 3 is 2.94 bits per heavy atom. The fourth-order valence-electron chi connectivity index (χ4n) is 1.90. The van der Waals surface area contributed by atoms with Gasteiger partial charge in [-0.15, -0.1) is 0 Å². The molecule has 2 rings (SSSR count). The van der Waals surface area contributed by atoms with Gasteiger partial charge in [0.25, 0.3) is 0 Å². The normalized spacial score (nSPS) is 14.6. The first-order chi connectivity index (χ1) is 8.69. The lowest BCUT2D eigenvalue weighted by Crippen LogP contribution is -2.26. The van der Waals surface area contributed by atoms with Crippen LogP contribution in [0.25, 0.3) is 0 Å². The standard InChI is InChI=1S/C14H18BrNO2/c1-18-14-5-4-12(15)6-11(14)7-13(17)9-16-8-10-2-3-10/h4-6,10,16H,2-3,7-9H2,1H3. The van der Waals surface area contributed by atoms with Crippen molar-refractivity contribution >= 4 is 21.7 Å². The first-order valence-corrected chi connectivity index (χ1v) is 7.03. The van der Waals surface area contributed by atoms with Gasteiger partial charge in [-0.2, -0.15) is 0 Å². The summed E-state index contributed by atoms with van der Waals surface area (Å²) in [6, 6.07) is 5.74. The highest BCUT2D eigenvalue weighted by Crippen LogP contribution is 2.27. The number of rotatable bonds is 7. The Bertz CT molecular complexity index is 430. The van der Waals surface area contributed by atoms with E-state index in [2.05, 4.69) is 21.2 Å². The predicted molar refractivity (Wildman–Crippen MR) is 75.0 cm³/mol. The van der Waals surface area contributed by atoms with Crippen molar-refractivity contribution in [2.45, 2.75) is 19.3 Å². The van der Waals surface area contributed by atoms with E-state index in [0.29, 0.717) is 13.0 Å². The number of hydrogen-bond acceptors (Lipinski definition) is 3. The van der Waals surface area contributed by atoms with Crippen LogP contribution >= 0.6 is 15.9 Å². The Labute approximate surface area is 116 Å². The highest BCUT2D eigenvalue weighted by molar-refractivity contribution is 9.10. The van der Waals surface area contributed by atoms with Gasteiger partial charge in [-0.25, -0.2) is 0 Å². The molecule has 0 amide bonds. The van der Waals surface area contributed by atoms with Gasteiger partial charge in [0.2, 0.25) is 0 Å². The van der Waals surface area contributed by atoms with Crippen LogP contribution in [-0.4, -0.2) is 26.0 Å². The van der Waals surface area contributed by atoms with Crippen LogP contribution in [0.5, 0.6) is 5.75 Å². The van der Waals surface area contributed by atoms with Gasteiger partial charge in [0.1, 0.15) is 5.75 Å². The van der Waals surface area contributed by atoms with E-state index in [1.807, 2.05) is 18.2 Å². The van der Waals surface area contributed by atoms with E-state index in [9.17, 15) is 4.79 Å². The molecule has 0 atom stereocenters. The van der Waals surface area contributed by atoms with E-state index >= 15 is 0 Å². The van der Waals surface area contributed by atoms with Gasteiger partial charge >= 0.3 is 0 Å². The molecule has 0 spiro atoms. The quantitative estimate of drug-likeness (QED) is 0.841. The molecule has 0 saturated heterocycles. The number of Topliss-reactive ketones (excluding diaryl/α,β-unsaturated/α-hetero) is 1. The van der Waals surface area contributed by atoms with Gasteiger partial charge in [0.05, 0.1) is 13.7 Å². The molecule has 1 fully saturated rings. The molecule has 0 unspecified atom stereocenters. The average molecular weight is 312 g/mol. The fraction of sp³-hybridized carbons (Fsp3) is 0.500. The van der Waals surface area contributed by atoms with Crippen molar-refractivity contribution in [1.82, 2.24) is 5.32 Å². The van der Waals surface area contributed by atoms with Gasteiger partial charge in [-0.3, -0.25) is 4.79 Å². The third-order valence-corrected chi connectivity index (χ3v) is 3.58. The lowest BCUT2D eigenvalue weighted by Gasteiger charge is -2.09. The zero-order valence-electron chi connectivity index (χ0n) is 10.5. The summed E-state index contributed by atoms with van der Waals surface area (Å²) in [4.78, 5) is 11.9. The molecule has 1 N–H and O–H groups in total. The Morgan fingerprint density at radius 2 is 2.28 bits per heavy atom. The molecule has 0 heterocycles. The predicted octanol–water partition coefficient (Wildman–Crippen LogP) is 2.57. The first kappa shape index (κ1) is 13.6. The van der Waals surface area contributed by atoms with Crippen molar-refractivity contribution in [2.24, 2.45) is 5.92 Å². The molecular formula is C14H18BrNO2. The molecule has 18 heavy (non-hydrogen) atoms. The van der Waals surface area contributed by atoms with E-state index < -0.39 is 0 Å². The molecule has 1 aromatic carbocycles. The molecular weight excluding hydrogens is 294 g/mol. The summed E-state index contributed by atoms with van der Waals surface area (Å²) >= 11 is 3.41. The van der Waals surface area contributed by atoms with Crippen LogP contribution < -0.4 is 10.1 Å². The van der Waals surface area contributed by atoms with E-state index in [4.69, 9.17) is 4.74 Å². The van der Waals surface area contributed by atoms with Gasteiger partial charge in [0.15, 0.2) is 5.78 Å². The van der Waals surface area contributed by atoms with E-state index in [-0.39, 0.29) is 5.78 Å². The minimum absolute atomic E-state index is 0.201. The zero-order valence-corrected chi connectivity index (χ0v) is 12.1. The maximum atomic E-state index is 11.9. The Balaban J connectivity index is 1.86. The number of nitrogens with one attached hydrogen (secondary N) is 1. The molecule has 1 aliphatic rings. The van der Waals surface area contributed by atoms with Crippen molar-refractivity contribution in [2.75, 3.05) is 20.2 Å². The molecule has 0 bridgehead atoms. The highest BCUT2D eigenvalue weighted by atomic mass is 79.9.